The summed E-state index contributed by atoms with van der Waals surface area (Å²) in [6.45, 7) is 0. The number of alkyl halides is 6. The minimum atomic E-state index is -5.03. The molecule has 4 aromatic rings. The smallest absolute Gasteiger partial charge is 0.321 e. The molecule has 4 aromatic heterocycles. The van der Waals surface area contributed by atoms with Crippen LogP contribution < -0.4 is 5.32 Å². The number of nitrogens with one attached hydrogen (secondary N) is 1. The number of rotatable bonds is 3. The van der Waals surface area contributed by atoms with Crippen LogP contribution in [0, 0.1) is 0 Å². The van der Waals surface area contributed by atoms with Crippen molar-refractivity contribution in [1.82, 2.24) is 24.1 Å². The van der Waals surface area contributed by atoms with Gasteiger partial charge in [0.05, 0.1) is 10.7 Å². The summed E-state index contributed by atoms with van der Waals surface area (Å²) in [5.41, 5.74) is -4.42. The van der Waals surface area contributed by atoms with Crippen molar-refractivity contribution in [3.05, 3.63) is 64.8 Å². The Morgan fingerprint density at radius 3 is 2.42 bits per heavy atom. The standard InChI is InChI=1S/C19H11ClF6N6O/c1-31-15(17(33)29-9-4-5-27-12(8-9)18(21,22)23)13(19(24,25)26)14(30-31)11-3-2-10(20)16-28-6-7-32(11)16/h2-8H,1H3,(H,27,29,33). The normalized spacial score (nSPS) is 12.4. The molecule has 172 valence electrons. The maximum Gasteiger partial charge on any atom is 0.433 e. The predicted octanol–water partition coefficient (Wildman–Crippen LogP) is 5.07. The zero-order chi connectivity index (χ0) is 24.1. The van der Waals surface area contributed by atoms with Crippen LogP contribution in [0.15, 0.2) is 42.9 Å². The molecule has 0 aliphatic rings. The van der Waals surface area contributed by atoms with E-state index in [1.54, 1.807) is 0 Å². The number of hydrogen-bond acceptors (Lipinski definition) is 4. The number of carbonyl (C=O) groups excluding carboxylic acids is 1. The number of aryl methyl sites for hydroxylation is 1. The number of hydrogen-bond donors (Lipinski definition) is 1. The molecular weight excluding hydrogens is 478 g/mol. The third-order valence-electron chi connectivity index (χ3n) is 4.60. The molecule has 0 saturated carbocycles. The fourth-order valence-corrected chi connectivity index (χ4v) is 3.46. The van der Waals surface area contributed by atoms with E-state index < -0.39 is 40.9 Å². The van der Waals surface area contributed by atoms with E-state index in [9.17, 15) is 31.1 Å². The van der Waals surface area contributed by atoms with Gasteiger partial charge in [-0.3, -0.25) is 18.9 Å². The average molecular weight is 489 g/mol. The molecular formula is C19H11ClF6N6O. The lowest BCUT2D eigenvalue weighted by Crippen LogP contribution is -2.21. The minimum Gasteiger partial charge on any atom is -0.321 e. The highest BCUT2D eigenvalue weighted by Gasteiger charge is 2.43. The summed E-state index contributed by atoms with van der Waals surface area (Å²) in [5.74, 6) is -1.31. The van der Waals surface area contributed by atoms with Gasteiger partial charge in [0, 0.05) is 31.3 Å². The third-order valence-corrected chi connectivity index (χ3v) is 4.89. The monoisotopic (exact) mass is 488 g/mol. The summed E-state index contributed by atoms with van der Waals surface area (Å²) < 4.78 is 82.9. The molecule has 0 unspecified atom stereocenters. The SMILES string of the molecule is Cn1nc(-c2ccc(Cl)c3nccn23)c(C(F)(F)F)c1C(=O)Nc1ccnc(C(F)(F)F)c1. The number of carbonyl (C=O) groups is 1. The first-order chi connectivity index (χ1) is 15.4. The summed E-state index contributed by atoms with van der Waals surface area (Å²) in [6.07, 6.45) is -6.35. The van der Waals surface area contributed by atoms with Gasteiger partial charge in [0.25, 0.3) is 5.91 Å². The summed E-state index contributed by atoms with van der Waals surface area (Å²) in [7, 11) is 1.11. The molecule has 0 aliphatic heterocycles. The van der Waals surface area contributed by atoms with Gasteiger partial charge in [-0.2, -0.15) is 31.4 Å². The van der Waals surface area contributed by atoms with Crippen molar-refractivity contribution in [2.45, 2.75) is 12.4 Å². The zero-order valence-electron chi connectivity index (χ0n) is 16.3. The number of anilines is 1. The van der Waals surface area contributed by atoms with Crippen LogP contribution in [0.2, 0.25) is 5.02 Å². The second-order valence-electron chi connectivity index (χ2n) is 6.76. The van der Waals surface area contributed by atoms with Gasteiger partial charge in [0.1, 0.15) is 22.6 Å². The van der Waals surface area contributed by atoms with Crippen LogP contribution >= 0.6 is 11.6 Å². The van der Waals surface area contributed by atoms with Crippen molar-refractivity contribution < 1.29 is 31.1 Å². The van der Waals surface area contributed by atoms with Crippen LogP contribution in [-0.4, -0.2) is 30.1 Å². The van der Waals surface area contributed by atoms with Crippen molar-refractivity contribution in [2.24, 2.45) is 7.05 Å². The van der Waals surface area contributed by atoms with E-state index >= 15 is 0 Å². The van der Waals surface area contributed by atoms with Gasteiger partial charge in [-0.1, -0.05) is 11.6 Å². The molecule has 0 aliphatic carbocycles. The molecule has 33 heavy (non-hydrogen) atoms. The molecule has 4 rings (SSSR count). The van der Waals surface area contributed by atoms with E-state index in [0.717, 1.165) is 19.3 Å². The molecule has 1 N–H and O–H groups in total. The Kier molecular flexibility index (Phi) is 5.31. The molecule has 0 atom stereocenters. The Morgan fingerprint density at radius 1 is 1.03 bits per heavy atom. The van der Waals surface area contributed by atoms with E-state index in [0.29, 0.717) is 10.7 Å². The fraction of sp³-hybridized carbons (Fsp3) is 0.158. The number of fused-ring (bicyclic) bond motifs is 1. The van der Waals surface area contributed by atoms with Crippen LogP contribution in [0.3, 0.4) is 0 Å². The Labute approximate surface area is 185 Å². The second-order valence-corrected chi connectivity index (χ2v) is 7.17. The Bertz CT molecular complexity index is 1370. The average Bonchev–Trinajstić information content (AvgIpc) is 3.33. The number of imidazole rings is 1. The summed E-state index contributed by atoms with van der Waals surface area (Å²) in [4.78, 5) is 19.9. The number of amides is 1. The first kappa shape index (κ1) is 22.6. The maximum absolute atomic E-state index is 14.1. The lowest BCUT2D eigenvalue weighted by Gasteiger charge is -2.13. The summed E-state index contributed by atoms with van der Waals surface area (Å²) >= 11 is 6.03. The highest BCUT2D eigenvalue weighted by Crippen LogP contribution is 2.40. The number of halogens is 7. The summed E-state index contributed by atoms with van der Waals surface area (Å²) in [6, 6.07) is 4.15. The van der Waals surface area contributed by atoms with Crippen LogP contribution in [0.5, 0.6) is 0 Å². The van der Waals surface area contributed by atoms with Gasteiger partial charge in [-0.25, -0.2) is 4.98 Å². The first-order valence-electron chi connectivity index (χ1n) is 8.98. The van der Waals surface area contributed by atoms with Crippen molar-refractivity contribution >= 4 is 28.8 Å². The molecule has 0 fully saturated rings. The Morgan fingerprint density at radius 2 is 1.76 bits per heavy atom. The van der Waals surface area contributed by atoms with Gasteiger partial charge < -0.3 is 5.32 Å². The van der Waals surface area contributed by atoms with Crippen molar-refractivity contribution in [1.29, 1.82) is 0 Å². The minimum absolute atomic E-state index is 0.0443. The number of nitrogens with zero attached hydrogens (tertiary/aromatic N) is 5. The van der Waals surface area contributed by atoms with Gasteiger partial charge in [-0.15, -0.1) is 0 Å². The predicted molar refractivity (Wildman–Crippen MR) is 105 cm³/mol. The second kappa shape index (κ2) is 7.76. The van der Waals surface area contributed by atoms with E-state index in [1.807, 2.05) is 0 Å². The van der Waals surface area contributed by atoms with E-state index in [1.165, 1.54) is 28.9 Å². The molecule has 1 amide bonds. The first-order valence-corrected chi connectivity index (χ1v) is 9.36. The molecule has 14 heteroatoms. The molecule has 0 aromatic carbocycles. The Hall–Kier alpha value is -3.61. The highest BCUT2D eigenvalue weighted by atomic mass is 35.5. The van der Waals surface area contributed by atoms with Crippen molar-refractivity contribution in [3.8, 4) is 11.4 Å². The molecule has 0 bridgehead atoms. The maximum atomic E-state index is 14.1. The quantitative estimate of drug-likeness (QED) is 0.408. The number of pyridine rings is 2. The van der Waals surface area contributed by atoms with E-state index in [2.05, 4.69) is 20.4 Å². The zero-order valence-corrected chi connectivity index (χ0v) is 17.1. The topological polar surface area (TPSA) is 77.1 Å². The van der Waals surface area contributed by atoms with Crippen LogP contribution in [0.25, 0.3) is 17.0 Å². The number of aromatic nitrogens is 5. The Balaban J connectivity index is 1.83. The van der Waals surface area contributed by atoms with Crippen LogP contribution in [0.4, 0.5) is 32.0 Å². The van der Waals surface area contributed by atoms with Crippen molar-refractivity contribution in [3.63, 3.8) is 0 Å². The molecule has 0 saturated heterocycles. The molecule has 7 nitrogen and oxygen atoms in total. The van der Waals surface area contributed by atoms with Gasteiger partial charge in [0.15, 0.2) is 5.65 Å². The van der Waals surface area contributed by atoms with Gasteiger partial charge in [0.2, 0.25) is 0 Å². The molecule has 4 heterocycles. The van der Waals surface area contributed by atoms with Crippen LogP contribution in [-0.2, 0) is 19.4 Å². The van der Waals surface area contributed by atoms with Gasteiger partial charge >= 0.3 is 12.4 Å². The summed E-state index contributed by atoms with van der Waals surface area (Å²) in [5, 5.41) is 6.11. The third kappa shape index (κ3) is 4.11. The lowest BCUT2D eigenvalue weighted by atomic mass is 10.1. The molecule has 0 radical (unpaired) electrons. The van der Waals surface area contributed by atoms with Gasteiger partial charge in [-0.05, 0) is 24.3 Å². The molecule has 0 spiro atoms. The fourth-order valence-electron chi connectivity index (χ4n) is 3.26. The van der Waals surface area contributed by atoms with E-state index in [-0.39, 0.29) is 22.1 Å². The van der Waals surface area contributed by atoms with E-state index in [4.69, 9.17) is 11.6 Å². The lowest BCUT2D eigenvalue weighted by molar-refractivity contribution is -0.141. The highest BCUT2D eigenvalue weighted by molar-refractivity contribution is 6.33. The van der Waals surface area contributed by atoms with Crippen molar-refractivity contribution in [2.75, 3.05) is 5.32 Å². The van der Waals surface area contributed by atoms with Crippen LogP contribution in [0.1, 0.15) is 21.7 Å². The largest absolute Gasteiger partial charge is 0.433 e.